The van der Waals surface area contributed by atoms with Crippen molar-refractivity contribution in [2.24, 2.45) is 5.92 Å². The Labute approximate surface area is 166 Å². The fourth-order valence-corrected chi connectivity index (χ4v) is 5.19. The SMILES string of the molecule is CCCCC(CC)CNC(=O)c1ccc2c(c1)S(=O)(=O)c1ccccc1C2=O. The van der Waals surface area contributed by atoms with Crippen molar-refractivity contribution in [2.75, 3.05) is 6.54 Å². The minimum atomic E-state index is -3.84. The van der Waals surface area contributed by atoms with E-state index in [-0.39, 0.29) is 38.2 Å². The largest absolute Gasteiger partial charge is 0.352 e. The van der Waals surface area contributed by atoms with Gasteiger partial charge in [-0.05, 0) is 42.7 Å². The number of amides is 1. The summed E-state index contributed by atoms with van der Waals surface area (Å²) in [5, 5.41) is 2.90. The maximum Gasteiger partial charge on any atom is 0.251 e. The van der Waals surface area contributed by atoms with E-state index in [2.05, 4.69) is 19.2 Å². The van der Waals surface area contributed by atoms with Crippen molar-refractivity contribution >= 4 is 21.5 Å². The van der Waals surface area contributed by atoms with Crippen molar-refractivity contribution in [1.29, 1.82) is 0 Å². The zero-order chi connectivity index (χ0) is 20.3. The first-order chi connectivity index (χ1) is 13.4. The number of carbonyl (C=O) groups is 2. The third kappa shape index (κ3) is 3.74. The standard InChI is InChI=1S/C22H25NO4S/c1-3-5-8-15(4-2)14-23-22(25)16-11-12-18-20(13-16)28(26,27)19-10-7-6-9-17(19)21(18)24/h6-7,9-13,15H,3-5,8,14H2,1-2H3,(H,23,25). The molecule has 1 unspecified atom stereocenters. The highest BCUT2D eigenvalue weighted by Crippen LogP contribution is 2.34. The highest BCUT2D eigenvalue weighted by Gasteiger charge is 2.35. The first-order valence-electron chi connectivity index (χ1n) is 9.71. The van der Waals surface area contributed by atoms with Crippen molar-refractivity contribution < 1.29 is 18.0 Å². The van der Waals surface area contributed by atoms with Crippen LogP contribution in [-0.4, -0.2) is 26.7 Å². The van der Waals surface area contributed by atoms with Crippen LogP contribution in [0.4, 0.5) is 0 Å². The van der Waals surface area contributed by atoms with Crippen LogP contribution in [0.5, 0.6) is 0 Å². The zero-order valence-electron chi connectivity index (χ0n) is 16.2. The molecule has 3 rings (SSSR count). The van der Waals surface area contributed by atoms with Gasteiger partial charge in [0, 0.05) is 23.2 Å². The molecule has 0 saturated carbocycles. The first kappa shape index (κ1) is 20.3. The summed E-state index contributed by atoms with van der Waals surface area (Å²) in [7, 11) is -3.84. The normalized spacial score (nSPS) is 15.4. The Balaban J connectivity index is 1.86. The number of sulfone groups is 1. The number of carbonyl (C=O) groups excluding carboxylic acids is 2. The lowest BCUT2D eigenvalue weighted by molar-refractivity contribution is 0.0943. The van der Waals surface area contributed by atoms with Gasteiger partial charge in [-0.2, -0.15) is 0 Å². The van der Waals surface area contributed by atoms with Gasteiger partial charge in [-0.3, -0.25) is 9.59 Å². The molecule has 0 fully saturated rings. The Hall–Kier alpha value is -2.47. The second kappa shape index (κ2) is 8.27. The molecule has 2 aromatic carbocycles. The topological polar surface area (TPSA) is 80.3 Å². The molecule has 1 aliphatic heterocycles. The summed E-state index contributed by atoms with van der Waals surface area (Å²) in [5.41, 5.74) is 0.540. The van der Waals surface area contributed by atoms with Crippen LogP contribution in [0.25, 0.3) is 0 Å². The van der Waals surface area contributed by atoms with Crippen LogP contribution < -0.4 is 5.32 Å². The molecular weight excluding hydrogens is 374 g/mol. The van der Waals surface area contributed by atoms with E-state index in [0.717, 1.165) is 25.7 Å². The van der Waals surface area contributed by atoms with E-state index >= 15 is 0 Å². The molecule has 0 radical (unpaired) electrons. The van der Waals surface area contributed by atoms with Gasteiger partial charge in [-0.15, -0.1) is 0 Å². The van der Waals surface area contributed by atoms with Crippen LogP contribution >= 0.6 is 0 Å². The van der Waals surface area contributed by atoms with E-state index in [4.69, 9.17) is 0 Å². The molecule has 1 heterocycles. The number of fused-ring (bicyclic) bond motifs is 2. The Morgan fingerprint density at radius 2 is 1.75 bits per heavy atom. The Morgan fingerprint density at radius 3 is 2.46 bits per heavy atom. The van der Waals surface area contributed by atoms with Gasteiger partial charge in [-0.25, -0.2) is 8.42 Å². The maximum atomic E-state index is 13.0. The third-order valence-electron chi connectivity index (χ3n) is 5.29. The lowest BCUT2D eigenvalue weighted by Crippen LogP contribution is -2.29. The van der Waals surface area contributed by atoms with E-state index in [1.807, 2.05) is 0 Å². The summed E-state index contributed by atoms with van der Waals surface area (Å²) >= 11 is 0. The van der Waals surface area contributed by atoms with Gasteiger partial charge < -0.3 is 5.32 Å². The second-order valence-corrected chi connectivity index (χ2v) is 9.05. The summed E-state index contributed by atoms with van der Waals surface area (Å²) in [6.07, 6.45) is 4.26. The molecule has 1 amide bonds. The summed E-state index contributed by atoms with van der Waals surface area (Å²) in [6, 6.07) is 10.4. The quantitative estimate of drug-likeness (QED) is 0.651. The number of hydrogen-bond acceptors (Lipinski definition) is 4. The van der Waals surface area contributed by atoms with E-state index in [0.29, 0.717) is 12.5 Å². The molecule has 0 saturated heterocycles. The lowest BCUT2D eigenvalue weighted by Gasteiger charge is -2.19. The molecule has 1 N–H and O–H groups in total. The van der Waals surface area contributed by atoms with Crippen molar-refractivity contribution in [2.45, 2.75) is 49.3 Å². The van der Waals surface area contributed by atoms with Crippen molar-refractivity contribution in [1.82, 2.24) is 5.32 Å². The number of unbranched alkanes of at least 4 members (excludes halogenated alkanes) is 1. The van der Waals surface area contributed by atoms with E-state index in [1.54, 1.807) is 12.1 Å². The maximum absolute atomic E-state index is 13.0. The molecule has 0 aliphatic carbocycles. The van der Waals surface area contributed by atoms with Crippen LogP contribution in [0.2, 0.25) is 0 Å². The Morgan fingerprint density at radius 1 is 1.04 bits per heavy atom. The molecule has 0 spiro atoms. The fraction of sp³-hybridized carbons (Fsp3) is 0.364. The molecule has 0 bridgehead atoms. The van der Waals surface area contributed by atoms with E-state index in [9.17, 15) is 18.0 Å². The second-order valence-electron chi connectivity index (χ2n) is 7.17. The molecule has 0 aromatic heterocycles. The van der Waals surface area contributed by atoms with Gasteiger partial charge in [0.15, 0.2) is 5.78 Å². The predicted octanol–water partition coefficient (Wildman–Crippen LogP) is 4.01. The molecule has 1 atom stereocenters. The van der Waals surface area contributed by atoms with Crippen molar-refractivity contribution in [3.8, 4) is 0 Å². The average Bonchev–Trinajstić information content (AvgIpc) is 2.72. The minimum absolute atomic E-state index is 0.00401. The van der Waals surface area contributed by atoms with E-state index < -0.39 is 9.84 Å². The first-order valence-corrected chi connectivity index (χ1v) is 11.2. The smallest absolute Gasteiger partial charge is 0.251 e. The number of rotatable bonds is 7. The zero-order valence-corrected chi connectivity index (χ0v) is 17.0. The van der Waals surface area contributed by atoms with Crippen LogP contribution in [-0.2, 0) is 9.84 Å². The summed E-state index contributed by atoms with van der Waals surface area (Å²) in [4.78, 5) is 25.1. The van der Waals surface area contributed by atoms with Crippen LogP contribution in [0.15, 0.2) is 52.3 Å². The molecule has 6 heteroatoms. The van der Waals surface area contributed by atoms with Crippen LogP contribution in [0, 0.1) is 5.92 Å². The molecular formula is C22H25NO4S. The van der Waals surface area contributed by atoms with Crippen molar-refractivity contribution in [3.05, 3.63) is 59.2 Å². The van der Waals surface area contributed by atoms with Crippen LogP contribution in [0.3, 0.4) is 0 Å². The minimum Gasteiger partial charge on any atom is -0.352 e. The number of hydrogen-bond donors (Lipinski definition) is 1. The predicted molar refractivity (Wildman–Crippen MR) is 107 cm³/mol. The fourth-order valence-electron chi connectivity index (χ4n) is 3.51. The molecule has 28 heavy (non-hydrogen) atoms. The summed E-state index contributed by atoms with van der Waals surface area (Å²) in [5.74, 6) is -0.254. The van der Waals surface area contributed by atoms with Gasteiger partial charge in [0.25, 0.3) is 5.91 Å². The third-order valence-corrected chi connectivity index (χ3v) is 7.15. The molecule has 5 nitrogen and oxygen atoms in total. The highest BCUT2D eigenvalue weighted by atomic mass is 32.2. The number of nitrogens with one attached hydrogen (secondary N) is 1. The number of ketones is 1. The van der Waals surface area contributed by atoms with Gasteiger partial charge in [0.2, 0.25) is 9.84 Å². The van der Waals surface area contributed by atoms with Crippen molar-refractivity contribution in [3.63, 3.8) is 0 Å². The van der Waals surface area contributed by atoms with Gasteiger partial charge in [0.1, 0.15) is 0 Å². The lowest BCUT2D eigenvalue weighted by atomic mass is 9.99. The highest BCUT2D eigenvalue weighted by molar-refractivity contribution is 7.91. The molecule has 1 aliphatic rings. The van der Waals surface area contributed by atoms with Gasteiger partial charge in [0.05, 0.1) is 9.79 Å². The van der Waals surface area contributed by atoms with E-state index in [1.165, 1.54) is 30.3 Å². The summed E-state index contributed by atoms with van der Waals surface area (Å²) < 4.78 is 25.9. The van der Waals surface area contributed by atoms with Gasteiger partial charge in [-0.1, -0.05) is 45.2 Å². The monoisotopic (exact) mass is 399 g/mol. The van der Waals surface area contributed by atoms with Crippen LogP contribution in [0.1, 0.15) is 65.8 Å². The molecule has 2 aromatic rings. The van der Waals surface area contributed by atoms with Gasteiger partial charge >= 0.3 is 0 Å². The average molecular weight is 400 g/mol. The Kier molecular flexibility index (Phi) is 5.98. The molecule has 148 valence electrons. The Bertz CT molecular complexity index is 1010. The number of benzene rings is 2. The summed E-state index contributed by atoms with van der Waals surface area (Å²) in [6.45, 7) is 4.79.